The van der Waals surface area contributed by atoms with Crippen LogP contribution < -0.4 is 5.63 Å². The van der Waals surface area contributed by atoms with Crippen LogP contribution in [0.15, 0.2) is 39.7 Å². The summed E-state index contributed by atoms with van der Waals surface area (Å²) in [6.07, 6.45) is 1.65. The van der Waals surface area contributed by atoms with Crippen molar-refractivity contribution in [2.75, 3.05) is 0 Å². The molecule has 0 aliphatic rings. The molecular weight excluding hydrogens is 290 g/mol. The second-order valence-corrected chi connectivity index (χ2v) is 4.69. The van der Waals surface area contributed by atoms with Crippen LogP contribution in [0.2, 0.25) is 0 Å². The summed E-state index contributed by atoms with van der Waals surface area (Å²) < 4.78 is 6.38. The van der Waals surface area contributed by atoms with Crippen molar-refractivity contribution in [3.05, 3.63) is 46.6 Å². The van der Waals surface area contributed by atoms with Crippen LogP contribution in [0.5, 0.6) is 5.75 Å². The fourth-order valence-corrected chi connectivity index (χ4v) is 2.01. The molecule has 2 N–H and O–H groups in total. The molecule has 1 aromatic carbocycles. The predicted octanol–water partition coefficient (Wildman–Crippen LogP) is 1.10. The highest BCUT2D eigenvalue weighted by Gasteiger charge is 2.11. The monoisotopic (exact) mass is 301 g/mol. The molecule has 0 bridgehead atoms. The molecule has 0 aliphatic heterocycles. The number of phenolic OH excluding ortho intramolecular Hbond substituents is 1. The van der Waals surface area contributed by atoms with E-state index in [1.165, 1.54) is 23.0 Å². The number of rotatable bonds is 4. The second-order valence-electron chi connectivity index (χ2n) is 4.69. The zero-order chi connectivity index (χ0) is 15.7. The average Bonchev–Trinajstić information content (AvgIpc) is 2.93. The number of aliphatic carboxylic acids is 1. The Bertz CT molecular complexity index is 912. The lowest BCUT2D eigenvalue weighted by atomic mass is 10.2. The van der Waals surface area contributed by atoms with Gasteiger partial charge in [-0.25, -0.2) is 9.48 Å². The molecule has 0 spiro atoms. The summed E-state index contributed by atoms with van der Waals surface area (Å²) in [5.74, 6) is -0.931. The van der Waals surface area contributed by atoms with Crippen molar-refractivity contribution in [1.29, 1.82) is 0 Å². The van der Waals surface area contributed by atoms with E-state index >= 15 is 0 Å². The van der Waals surface area contributed by atoms with Gasteiger partial charge in [-0.05, 0) is 18.2 Å². The van der Waals surface area contributed by atoms with Crippen molar-refractivity contribution in [1.82, 2.24) is 15.0 Å². The molecule has 0 saturated carbocycles. The zero-order valence-electron chi connectivity index (χ0n) is 11.3. The van der Waals surface area contributed by atoms with Crippen LogP contribution in [0.3, 0.4) is 0 Å². The van der Waals surface area contributed by atoms with Crippen molar-refractivity contribution in [2.24, 2.45) is 0 Å². The Kier molecular flexibility index (Phi) is 3.34. The Labute approximate surface area is 123 Å². The Balaban J connectivity index is 1.99. The lowest BCUT2D eigenvalue weighted by molar-refractivity contribution is -0.136. The topological polar surface area (TPSA) is 118 Å². The third-order valence-electron chi connectivity index (χ3n) is 3.08. The molecule has 3 rings (SSSR count). The highest BCUT2D eigenvalue weighted by Crippen LogP contribution is 2.20. The molecule has 0 amide bonds. The van der Waals surface area contributed by atoms with Gasteiger partial charge in [0.05, 0.1) is 18.3 Å². The minimum Gasteiger partial charge on any atom is -0.508 e. The molecule has 112 valence electrons. The maximum atomic E-state index is 12.0. The number of benzene rings is 1. The number of carboxylic acids is 1. The number of carboxylic acid groups (broad SMARTS) is 1. The number of fused-ring (bicyclic) bond motifs is 1. The zero-order valence-corrected chi connectivity index (χ0v) is 11.3. The van der Waals surface area contributed by atoms with Crippen LogP contribution in [-0.2, 0) is 11.2 Å². The summed E-state index contributed by atoms with van der Waals surface area (Å²) in [5.41, 5.74) is 0.257. The van der Waals surface area contributed by atoms with Crippen LogP contribution >= 0.6 is 0 Å². The molecule has 0 unspecified atom stereocenters. The molecule has 0 fully saturated rings. The summed E-state index contributed by atoms with van der Waals surface area (Å²) in [4.78, 5) is 22.5. The molecule has 8 nitrogen and oxygen atoms in total. The lowest BCUT2D eigenvalue weighted by Crippen LogP contribution is -2.10. The van der Waals surface area contributed by atoms with E-state index < -0.39 is 11.6 Å². The first-order valence-corrected chi connectivity index (χ1v) is 6.43. The van der Waals surface area contributed by atoms with Gasteiger partial charge in [-0.15, -0.1) is 5.10 Å². The molecule has 0 radical (unpaired) electrons. The van der Waals surface area contributed by atoms with E-state index in [1.54, 1.807) is 12.1 Å². The SMILES string of the molecule is O=C(O)CCc1cn(-c2cc3ccc(O)cc3oc2=O)nn1. The van der Waals surface area contributed by atoms with Gasteiger partial charge in [0.2, 0.25) is 0 Å². The van der Waals surface area contributed by atoms with E-state index in [0.29, 0.717) is 11.1 Å². The summed E-state index contributed by atoms with van der Waals surface area (Å²) in [5, 5.41) is 26.3. The van der Waals surface area contributed by atoms with Crippen LogP contribution in [0.1, 0.15) is 12.1 Å². The van der Waals surface area contributed by atoms with Gasteiger partial charge in [0.25, 0.3) is 0 Å². The first-order chi connectivity index (χ1) is 10.5. The van der Waals surface area contributed by atoms with Gasteiger partial charge < -0.3 is 14.6 Å². The summed E-state index contributed by atoms with van der Waals surface area (Å²) in [6, 6.07) is 6.00. The fourth-order valence-electron chi connectivity index (χ4n) is 2.01. The number of aryl methyl sites for hydroxylation is 1. The Hall–Kier alpha value is -3.16. The molecule has 0 atom stereocenters. The standard InChI is InChI=1S/C14H11N3O5/c18-10-3-1-8-5-11(14(21)22-12(8)6-10)17-7-9(15-16-17)2-4-13(19)20/h1,3,5-7,18H,2,4H2,(H,19,20). The lowest BCUT2D eigenvalue weighted by Gasteiger charge is -2.01. The molecule has 8 heteroatoms. The van der Waals surface area contributed by atoms with E-state index in [1.807, 2.05) is 0 Å². The first-order valence-electron chi connectivity index (χ1n) is 6.43. The summed E-state index contributed by atoms with van der Waals surface area (Å²) in [7, 11) is 0. The van der Waals surface area contributed by atoms with Crippen molar-refractivity contribution in [3.63, 3.8) is 0 Å². The third kappa shape index (κ3) is 2.66. The smallest absolute Gasteiger partial charge is 0.362 e. The average molecular weight is 301 g/mol. The quantitative estimate of drug-likeness (QED) is 0.692. The van der Waals surface area contributed by atoms with Crippen LogP contribution in [0.4, 0.5) is 0 Å². The van der Waals surface area contributed by atoms with E-state index in [9.17, 15) is 14.7 Å². The van der Waals surface area contributed by atoms with Crippen molar-refractivity contribution in [2.45, 2.75) is 12.8 Å². The molecule has 0 aliphatic carbocycles. The number of hydrogen-bond acceptors (Lipinski definition) is 6. The third-order valence-corrected chi connectivity index (χ3v) is 3.08. The normalized spacial score (nSPS) is 10.9. The predicted molar refractivity (Wildman–Crippen MR) is 75.0 cm³/mol. The van der Waals surface area contributed by atoms with Crippen molar-refractivity contribution >= 4 is 16.9 Å². The molecule has 22 heavy (non-hydrogen) atoms. The number of aromatic nitrogens is 3. The highest BCUT2D eigenvalue weighted by molar-refractivity contribution is 5.79. The molecule has 0 saturated heterocycles. The van der Waals surface area contributed by atoms with Gasteiger partial charge >= 0.3 is 11.6 Å². The van der Waals surface area contributed by atoms with Gasteiger partial charge in [0.15, 0.2) is 5.69 Å². The van der Waals surface area contributed by atoms with Crippen LogP contribution in [0, 0.1) is 0 Å². The fraction of sp³-hybridized carbons (Fsp3) is 0.143. The second kappa shape index (κ2) is 5.32. The molecule has 2 aromatic heterocycles. The Morgan fingerprint density at radius 1 is 1.32 bits per heavy atom. The summed E-state index contributed by atoms with van der Waals surface area (Å²) in [6.45, 7) is 0. The van der Waals surface area contributed by atoms with Gasteiger partial charge in [-0.1, -0.05) is 5.21 Å². The van der Waals surface area contributed by atoms with E-state index in [-0.39, 0.29) is 29.9 Å². The maximum absolute atomic E-state index is 12.0. The van der Waals surface area contributed by atoms with E-state index in [4.69, 9.17) is 9.52 Å². The van der Waals surface area contributed by atoms with E-state index in [0.717, 1.165) is 0 Å². The largest absolute Gasteiger partial charge is 0.508 e. The minimum absolute atomic E-state index is 0.000104. The van der Waals surface area contributed by atoms with Gasteiger partial charge in [-0.2, -0.15) is 0 Å². The first kappa shape index (κ1) is 13.8. The van der Waals surface area contributed by atoms with Crippen molar-refractivity contribution in [3.8, 4) is 11.4 Å². The number of hydrogen-bond donors (Lipinski definition) is 2. The number of nitrogens with zero attached hydrogens (tertiary/aromatic N) is 3. The van der Waals surface area contributed by atoms with Crippen LogP contribution in [0.25, 0.3) is 16.7 Å². The number of carbonyl (C=O) groups is 1. The van der Waals surface area contributed by atoms with Crippen LogP contribution in [-0.4, -0.2) is 31.2 Å². The van der Waals surface area contributed by atoms with Crippen molar-refractivity contribution < 1.29 is 19.4 Å². The van der Waals surface area contributed by atoms with Gasteiger partial charge in [-0.3, -0.25) is 4.79 Å². The van der Waals surface area contributed by atoms with E-state index in [2.05, 4.69) is 10.3 Å². The highest BCUT2D eigenvalue weighted by atomic mass is 16.4. The number of aromatic hydroxyl groups is 1. The minimum atomic E-state index is -0.931. The molecule has 2 heterocycles. The molecule has 3 aromatic rings. The maximum Gasteiger partial charge on any atom is 0.362 e. The van der Waals surface area contributed by atoms with Gasteiger partial charge in [0.1, 0.15) is 11.3 Å². The van der Waals surface area contributed by atoms with Gasteiger partial charge in [0, 0.05) is 17.9 Å². The Morgan fingerprint density at radius 3 is 2.91 bits per heavy atom. The summed E-state index contributed by atoms with van der Waals surface area (Å²) >= 11 is 0. The molecular formula is C14H11N3O5. The number of phenols is 1. The Morgan fingerprint density at radius 2 is 2.14 bits per heavy atom.